The third kappa shape index (κ3) is 1.79. The molecule has 98 valence electrons. The fourth-order valence-corrected chi connectivity index (χ4v) is 3.09. The molecule has 0 aromatic heterocycles. The van der Waals surface area contributed by atoms with Gasteiger partial charge in [-0.15, -0.1) is 0 Å². The second-order valence-electron chi connectivity index (χ2n) is 5.66. The fraction of sp³-hybridized carbons (Fsp3) is 0.294. The van der Waals surface area contributed by atoms with Crippen LogP contribution in [0.2, 0.25) is 0 Å². The van der Waals surface area contributed by atoms with Crippen LogP contribution in [0.5, 0.6) is 11.5 Å². The molecule has 2 N–H and O–H groups in total. The van der Waals surface area contributed by atoms with Gasteiger partial charge in [0.25, 0.3) is 0 Å². The smallest absolute Gasteiger partial charge is 0.115 e. The van der Waals surface area contributed by atoms with Gasteiger partial charge in [0.05, 0.1) is 0 Å². The molecule has 3 rings (SSSR count). The minimum absolute atomic E-state index is 0.00880. The number of benzene rings is 2. The summed E-state index contributed by atoms with van der Waals surface area (Å²) >= 11 is 0. The van der Waals surface area contributed by atoms with Gasteiger partial charge in [0.2, 0.25) is 0 Å². The summed E-state index contributed by atoms with van der Waals surface area (Å²) in [6, 6.07) is 11.2. The van der Waals surface area contributed by atoms with Gasteiger partial charge in [-0.2, -0.15) is 0 Å². The van der Waals surface area contributed by atoms with Crippen molar-refractivity contribution >= 4 is 0 Å². The monoisotopic (exact) mass is 254 g/mol. The molecule has 2 heteroatoms. The van der Waals surface area contributed by atoms with E-state index in [1.165, 1.54) is 22.3 Å². The van der Waals surface area contributed by atoms with Crippen molar-refractivity contribution in [2.45, 2.75) is 32.1 Å². The SMILES string of the molecule is CCC1(C)Cc2cc(O)ccc2-c2ccc(O)cc21. The second kappa shape index (κ2) is 4.02. The lowest BCUT2D eigenvalue weighted by Gasteiger charge is -2.36. The van der Waals surface area contributed by atoms with Gasteiger partial charge in [0.15, 0.2) is 0 Å². The first-order chi connectivity index (χ1) is 9.03. The Morgan fingerprint density at radius 3 is 2.32 bits per heavy atom. The molecule has 2 nitrogen and oxygen atoms in total. The van der Waals surface area contributed by atoms with Crippen LogP contribution in [0.1, 0.15) is 31.4 Å². The number of rotatable bonds is 1. The lowest BCUT2D eigenvalue weighted by Crippen LogP contribution is -2.28. The van der Waals surface area contributed by atoms with Gasteiger partial charge in [0, 0.05) is 0 Å². The first-order valence-electron chi connectivity index (χ1n) is 6.69. The van der Waals surface area contributed by atoms with Crippen LogP contribution >= 0.6 is 0 Å². The molecule has 0 saturated carbocycles. The molecular formula is C17H18O2. The average molecular weight is 254 g/mol. The van der Waals surface area contributed by atoms with E-state index in [1.54, 1.807) is 12.1 Å². The number of hydrogen-bond acceptors (Lipinski definition) is 2. The summed E-state index contributed by atoms with van der Waals surface area (Å²) in [5.74, 6) is 0.639. The molecule has 1 aliphatic carbocycles. The zero-order chi connectivity index (χ0) is 13.6. The predicted octanol–water partition coefficient (Wildman–Crippen LogP) is 3.99. The Labute approximate surface area is 113 Å². The summed E-state index contributed by atoms with van der Waals surface area (Å²) in [6.45, 7) is 4.39. The number of aromatic hydroxyl groups is 2. The van der Waals surface area contributed by atoms with Crippen LogP contribution in [0.4, 0.5) is 0 Å². The molecule has 1 aliphatic rings. The van der Waals surface area contributed by atoms with E-state index >= 15 is 0 Å². The van der Waals surface area contributed by atoms with Crippen LogP contribution in [-0.4, -0.2) is 10.2 Å². The molecule has 0 bridgehead atoms. The van der Waals surface area contributed by atoms with Crippen molar-refractivity contribution in [3.05, 3.63) is 47.5 Å². The Bertz CT molecular complexity index is 646. The quantitative estimate of drug-likeness (QED) is 0.807. The van der Waals surface area contributed by atoms with Crippen LogP contribution in [0, 0.1) is 0 Å². The molecule has 0 fully saturated rings. The van der Waals surface area contributed by atoms with E-state index in [1.807, 2.05) is 24.3 Å². The second-order valence-corrected chi connectivity index (χ2v) is 5.66. The van der Waals surface area contributed by atoms with Crippen LogP contribution in [0.3, 0.4) is 0 Å². The largest absolute Gasteiger partial charge is 0.508 e. The van der Waals surface area contributed by atoms with Crippen LogP contribution in [0.25, 0.3) is 11.1 Å². The number of phenols is 2. The highest BCUT2D eigenvalue weighted by Gasteiger charge is 2.33. The lowest BCUT2D eigenvalue weighted by molar-refractivity contribution is 0.434. The fourth-order valence-electron chi connectivity index (χ4n) is 3.09. The summed E-state index contributed by atoms with van der Waals surface area (Å²) < 4.78 is 0. The Morgan fingerprint density at radius 2 is 1.63 bits per heavy atom. The molecule has 1 unspecified atom stereocenters. The Hall–Kier alpha value is -1.96. The standard InChI is InChI=1S/C17H18O2/c1-3-17(2)10-11-8-12(18)4-6-14(11)15-7-5-13(19)9-16(15)17/h4-9,18-19H,3,10H2,1-2H3. The highest BCUT2D eigenvalue weighted by atomic mass is 16.3. The molecule has 2 aromatic carbocycles. The normalized spacial score (nSPS) is 20.7. The summed E-state index contributed by atoms with van der Waals surface area (Å²) in [5.41, 5.74) is 4.73. The van der Waals surface area contributed by atoms with Crippen LogP contribution in [-0.2, 0) is 11.8 Å². The van der Waals surface area contributed by atoms with Gasteiger partial charge in [-0.3, -0.25) is 0 Å². The van der Waals surface area contributed by atoms with Crippen molar-refractivity contribution in [3.8, 4) is 22.6 Å². The van der Waals surface area contributed by atoms with Gasteiger partial charge in [0.1, 0.15) is 11.5 Å². The molecule has 0 amide bonds. The van der Waals surface area contributed by atoms with E-state index in [-0.39, 0.29) is 5.41 Å². The third-order valence-electron chi connectivity index (χ3n) is 4.39. The van der Waals surface area contributed by atoms with Crippen molar-refractivity contribution in [1.29, 1.82) is 0 Å². The maximum atomic E-state index is 9.77. The summed E-state index contributed by atoms with van der Waals surface area (Å²) in [6.07, 6.45) is 1.89. The molecule has 2 aromatic rings. The van der Waals surface area contributed by atoms with Crippen LogP contribution in [0.15, 0.2) is 36.4 Å². The van der Waals surface area contributed by atoms with E-state index in [9.17, 15) is 10.2 Å². The maximum absolute atomic E-state index is 9.77. The number of fused-ring (bicyclic) bond motifs is 3. The molecule has 19 heavy (non-hydrogen) atoms. The van der Waals surface area contributed by atoms with Crippen molar-refractivity contribution in [2.75, 3.05) is 0 Å². The molecular weight excluding hydrogens is 236 g/mol. The zero-order valence-electron chi connectivity index (χ0n) is 11.3. The summed E-state index contributed by atoms with van der Waals surface area (Å²) in [5, 5.41) is 19.5. The Morgan fingerprint density at radius 1 is 1.00 bits per heavy atom. The molecule has 0 radical (unpaired) electrons. The van der Waals surface area contributed by atoms with E-state index in [4.69, 9.17) is 0 Å². The summed E-state index contributed by atoms with van der Waals surface area (Å²) in [7, 11) is 0. The molecule has 0 spiro atoms. The molecule has 1 atom stereocenters. The topological polar surface area (TPSA) is 40.5 Å². The van der Waals surface area contributed by atoms with Gasteiger partial charge in [-0.05, 0) is 64.8 Å². The van der Waals surface area contributed by atoms with Crippen LogP contribution < -0.4 is 0 Å². The van der Waals surface area contributed by atoms with Gasteiger partial charge in [-0.1, -0.05) is 26.0 Å². The molecule has 0 heterocycles. The highest BCUT2D eigenvalue weighted by molar-refractivity contribution is 5.76. The van der Waals surface area contributed by atoms with Crippen molar-refractivity contribution in [3.63, 3.8) is 0 Å². The lowest BCUT2D eigenvalue weighted by atomic mass is 9.67. The average Bonchev–Trinajstić information content (AvgIpc) is 2.39. The molecule has 0 aliphatic heterocycles. The zero-order valence-corrected chi connectivity index (χ0v) is 11.3. The number of hydrogen-bond donors (Lipinski definition) is 2. The minimum atomic E-state index is 0.00880. The Balaban J connectivity index is 2.30. The van der Waals surface area contributed by atoms with E-state index in [2.05, 4.69) is 13.8 Å². The highest BCUT2D eigenvalue weighted by Crippen LogP contribution is 2.46. The molecule has 0 saturated heterocycles. The van der Waals surface area contributed by atoms with Gasteiger partial charge < -0.3 is 10.2 Å². The Kier molecular flexibility index (Phi) is 2.56. The summed E-state index contributed by atoms with van der Waals surface area (Å²) in [4.78, 5) is 0. The first-order valence-corrected chi connectivity index (χ1v) is 6.69. The van der Waals surface area contributed by atoms with E-state index in [0.717, 1.165) is 12.8 Å². The van der Waals surface area contributed by atoms with Crippen molar-refractivity contribution < 1.29 is 10.2 Å². The van der Waals surface area contributed by atoms with Gasteiger partial charge >= 0.3 is 0 Å². The minimum Gasteiger partial charge on any atom is -0.508 e. The first kappa shape index (κ1) is 12.1. The van der Waals surface area contributed by atoms with Crippen molar-refractivity contribution in [2.24, 2.45) is 0 Å². The van der Waals surface area contributed by atoms with E-state index in [0.29, 0.717) is 11.5 Å². The maximum Gasteiger partial charge on any atom is 0.115 e. The van der Waals surface area contributed by atoms with Gasteiger partial charge in [-0.25, -0.2) is 0 Å². The third-order valence-corrected chi connectivity index (χ3v) is 4.39. The van der Waals surface area contributed by atoms with Crippen molar-refractivity contribution in [1.82, 2.24) is 0 Å². The predicted molar refractivity (Wildman–Crippen MR) is 76.6 cm³/mol. The van der Waals surface area contributed by atoms with E-state index < -0.39 is 0 Å². The number of phenolic OH excluding ortho intramolecular Hbond substituents is 2.